The fraction of sp³-hybridized carbons (Fsp3) is 0.276. The van der Waals surface area contributed by atoms with E-state index in [4.69, 9.17) is 0 Å². The molecule has 32 heavy (non-hydrogen) atoms. The van der Waals surface area contributed by atoms with Crippen LogP contribution in [0.25, 0.3) is 11.1 Å². The van der Waals surface area contributed by atoms with Crippen LogP contribution in [0, 0.1) is 11.3 Å². The minimum Gasteiger partial charge on any atom is -0.361 e. The molecule has 3 aromatic rings. The molecule has 0 aromatic heterocycles. The van der Waals surface area contributed by atoms with Gasteiger partial charge in [0.1, 0.15) is 0 Å². The van der Waals surface area contributed by atoms with Gasteiger partial charge in [-0.25, -0.2) is 0 Å². The highest BCUT2D eigenvalue weighted by atomic mass is 28.3. The van der Waals surface area contributed by atoms with Crippen molar-refractivity contribution in [2.24, 2.45) is 0 Å². The maximum absolute atomic E-state index is 9.22. The summed E-state index contributed by atoms with van der Waals surface area (Å²) < 4.78 is 0. The predicted octanol–water partition coefficient (Wildman–Crippen LogP) is 7.76. The van der Waals surface area contributed by atoms with E-state index in [0.29, 0.717) is 17.6 Å². The molecule has 162 valence electrons. The standard InChI is InChI=1S/C29H32N2Si/c1-32(2,3)21-7-10-27-19-20-29(31(27)28-17-11-23(22-30)12-18-28)26-15-13-25(14-16-26)24-8-5-4-6-9-24/h4-9,11-18,21,27,29H,10,19-20H2,1-3H3/b21-7+/t27-,29-/m0/s1. The van der Waals surface area contributed by atoms with Gasteiger partial charge in [-0.1, -0.05) is 86.0 Å². The molecule has 0 unspecified atom stereocenters. The highest BCUT2D eigenvalue weighted by Crippen LogP contribution is 2.41. The molecule has 0 amide bonds. The van der Waals surface area contributed by atoms with Gasteiger partial charge in [0.05, 0.1) is 25.7 Å². The molecular formula is C29H32N2Si. The average molecular weight is 437 g/mol. The summed E-state index contributed by atoms with van der Waals surface area (Å²) >= 11 is 0. The van der Waals surface area contributed by atoms with Crippen LogP contribution in [-0.4, -0.2) is 14.1 Å². The van der Waals surface area contributed by atoms with Crippen LogP contribution in [-0.2, 0) is 0 Å². The maximum Gasteiger partial charge on any atom is 0.0991 e. The van der Waals surface area contributed by atoms with E-state index in [-0.39, 0.29) is 0 Å². The van der Waals surface area contributed by atoms with Gasteiger partial charge in [0.2, 0.25) is 0 Å². The Morgan fingerprint density at radius 2 is 1.53 bits per heavy atom. The summed E-state index contributed by atoms with van der Waals surface area (Å²) in [4.78, 5) is 2.59. The maximum atomic E-state index is 9.22. The fourth-order valence-corrected chi connectivity index (χ4v) is 5.49. The average Bonchev–Trinajstić information content (AvgIpc) is 3.23. The lowest BCUT2D eigenvalue weighted by molar-refractivity contribution is 0.648. The third-order valence-electron chi connectivity index (χ3n) is 6.23. The lowest BCUT2D eigenvalue weighted by Gasteiger charge is -2.33. The number of nitrogens with zero attached hydrogens (tertiary/aromatic N) is 2. The van der Waals surface area contributed by atoms with Crippen LogP contribution in [0.15, 0.2) is 90.6 Å². The lowest BCUT2D eigenvalue weighted by Crippen LogP contribution is -2.31. The summed E-state index contributed by atoms with van der Waals surface area (Å²) in [6.45, 7) is 7.15. The smallest absolute Gasteiger partial charge is 0.0991 e. The molecule has 0 N–H and O–H groups in total. The van der Waals surface area contributed by atoms with Gasteiger partial charge < -0.3 is 4.90 Å². The summed E-state index contributed by atoms with van der Waals surface area (Å²) in [6, 6.07) is 30.9. The minimum atomic E-state index is -1.20. The zero-order valence-corrected chi connectivity index (χ0v) is 20.3. The monoisotopic (exact) mass is 436 g/mol. The Bertz CT molecular complexity index is 1090. The van der Waals surface area contributed by atoms with Crippen molar-refractivity contribution in [1.29, 1.82) is 5.26 Å². The van der Waals surface area contributed by atoms with Crippen molar-refractivity contribution in [3.63, 3.8) is 0 Å². The molecule has 0 bridgehead atoms. The van der Waals surface area contributed by atoms with Gasteiger partial charge in [-0.05, 0) is 60.2 Å². The zero-order chi connectivity index (χ0) is 22.6. The van der Waals surface area contributed by atoms with Gasteiger partial charge in [0.15, 0.2) is 0 Å². The highest BCUT2D eigenvalue weighted by Gasteiger charge is 2.34. The third-order valence-corrected chi connectivity index (χ3v) is 7.46. The molecule has 1 aliphatic rings. The van der Waals surface area contributed by atoms with E-state index >= 15 is 0 Å². The molecular weight excluding hydrogens is 404 g/mol. The first-order valence-corrected chi connectivity index (χ1v) is 15.1. The molecule has 0 saturated carbocycles. The van der Waals surface area contributed by atoms with Crippen LogP contribution in [0.1, 0.15) is 36.4 Å². The molecule has 3 aromatic carbocycles. The Balaban J connectivity index is 1.62. The Kier molecular flexibility index (Phi) is 6.63. The first kappa shape index (κ1) is 22.1. The lowest BCUT2D eigenvalue weighted by atomic mass is 9.99. The minimum absolute atomic E-state index is 0.359. The van der Waals surface area contributed by atoms with Crippen molar-refractivity contribution in [2.75, 3.05) is 4.90 Å². The molecule has 2 nitrogen and oxygen atoms in total. The normalized spacial score (nSPS) is 18.8. The molecule has 0 aliphatic carbocycles. The predicted molar refractivity (Wildman–Crippen MR) is 138 cm³/mol. The van der Waals surface area contributed by atoms with Crippen molar-refractivity contribution in [3.05, 3.63) is 102 Å². The summed E-state index contributed by atoms with van der Waals surface area (Å²) in [5.41, 5.74) is 8.27. The van der Waals surface area contributed by atoms with E-state index in [1.807, 2.05) is 12.1 Å². The molecule has 4 rings (SSSR count). The second kappa shape index (κ2) is 9.59. The molecule has 0 radical (unpaired) electrons. The summed E-state index contributed by atoms with van der Waals surface area (Å²) in [6.07, 6.45) is 5.81. The largest absolute Gasteiger partial charge is 0.361 e. The fourth-order valence-electron chi connectivity index (χ4n) is 4.65. The topological polar surface area (TPSA) is 27.0 Å². The third kappa shape index (κ3) is 5.20. The number of hydrogen-bond donors (Lipinski definition) is 0. The summed E-state index contributed by atoms with van der Waals surface area (Å²) in [5.74, 6) is 0. The number of rotatable bonds is 6. The zero-order valence-electron chi connectivity index (χ0n) is 19.3. The molecule has 0 spiro atoms. The Labute approximate surface area is 193 Å². The van der Waals surface area contributed by atoms with Gasteiger partial charge in [0, 0.05) is 11.7 Å². The van der Waals surface area contributed by atoms with E-state index in [1.165, 1.54) is 28.8 Å². The second-order valence-corrected chi connectivity index (χ2v) is 14.9. The quantitative estimate of drug-likeness (QED) is 0.369. The number of benzene rings is 3. The Hall–Kier alpha value is -3.09. The number of nitriles is 1. The van der Waals surface area contributed by atoms with Crippen LogP contribution in [0.4, 0.5) is 5.69 Å². The van der Waals surface area contributed by atoms with Crippen LogP contribution in [0.2, 0.25) is 19.6 Å². The Morgan fingerprint density at radius 3 is 2.16 bits per heavy atom. The molecule has 1 fully saturated rings. The van der Waals surface area contributed by atoms with E-state index in [2.05, 4.69) is 109 Å². The Morgan fingerprint density at radius 1 is 0.875 bits per heavy atom. The van der Waals surface area contributed by atoms with Crippen molar-refractivity contribution in [3.8, 4) is 17.2 Å². The van der Waals surface area contributed by atoms with Gasteiger partial charge >= 0.3 is 0 Å². The van der Waals surface area contributed by atoms with Gasteiger partial charge in [-0.2, -0.15) is 5.26 Å². The van der Waals surface area contributed by atoms with Gasteiger partial charge in [-0.3, -0.25) is 0 Å². The molecule has 3 heteroatoms. The van der Waals surface area contributed by atoms with Crippen molar-refractivity contribution in [2.45, 2.75) is 51.0 Å². The number of hydrogen-bond acceptors (Lipinski definition) is 2. The van der Waals surface area contributed by atoms with E-state index in [1.54, 1.807) is 0 Å². The molecule has 2 atom stereocenters. The van der Waals surface area contributed by atoms with E-state index < -0.39 is 8.07 Å². The van der Waals surface area contributed by atoms with Crippen LogP contribution < -0.4 is 4.90 Å². The van der Waals surface area contributed by atoms with Crippen molar-refractivity contribution >= 4 is 13.8 Å². The first-order chi connectivity index (χ1) is 15.4. The molecule has 1 heterocycles. The summed E-state index contributed by atoms with van der Waals surface area (Å²) in [7, 11) is -1.20. The van der Waals surface area contributed by atoms with Gasteiger partial charge in [-0.15, -0.1) is 0 Å². The first-order valence-electron chi connectivity index (χ1n) is 11.6. The van der Waals surface area contributed by atoms with Crippen molar-refractivity contribution < 1.29 is 0 Å². The van der Waals surface area contributed by atoms with E-state index in [9.17, 15) is 5.26 Å². The summed E-state index contributed by atoms with van der Waals surface area (Å²) in [5, 5.41) is 9.22. The van der Waals surface area contributed by atoms with Gasteiger partial charge in [0.25, 0.3) is 0 Å². The molecule has 1 saturated heterocycles. The van der Waals surface area contributed by atoms with E-state index in [0.717, 1.165) is 12.8 Å². The second-order valence-electron chi connectivity index (χ2n) is 9.81. The SMILES string of the molecule is C[Si](C)(C)/C=C/C[C@H]1CC[C@@H](c2ccc(-c3ccccc3)cc2)N1c1ccc(C#N)cc1. The van der Waals surface area contributed by atoms with Crippen LogP contribution >= 0.6 is 0 Å². The number of anilines is 1. The highest BCUT2D eigenvalue weighted by molar-refractivity contribution is 6.80. The molecule has 1 aliphatic heterocycles. The van der Waals surface area contributed by atoms with Crippen LogP contribution in [0.3, 0.4) is 0 Å². The van der Waals surface area contributed by atoms with Crippen molar-refractivity contribution in [1.82, 2.24) is 0 Å². The van der Waals surface area contributed by atoms with Crippen LogP contribution in [0.5, 0.6) is 0 Å².